The summed E-state index contributed by atoms with van der Waals surface area (Å²) >= 11 is 0. The molecule has 0 spiro atoms. The van der Waals surface area contributed by atoms with Crippen LogP contribution in [0.25, 0.3) is 0 Å². The molecule has 5 nitrogen and oxygen atoms in total. The van der Waals surface area contributed by atoms with Crippen LogP contribution in [0.5, 0.6) is 0 Å². The van der Waals surface area contributed by atoms with Gasteiger partial charge in [-0.15, -0.1) is 0 Å². The molecule has 5 heteroatoms. The van der Waals surface area contributed by atoms with Crippen molar-refractivity contribution in [2.75, 3.05) is 17.2 Å². The van der Waals surface area contributed by atoms with E-state index in [1.807, 2.05) is 31.2 Å². The van der Waals surface area contributed by atoms with Gasteiger partial charge in [0.2, 0.25) is 5.95 Å². The fraction of sp³-hybridized carbons (Fsp3) is 0.400. The smallest absolute Gasteiger partial charge is 0.224 e. The van der Waals surface area contributed by atoms with Gasteiger partial charge in [-0.05, 0) is 25.0 Å². The third-order valence-electron chi connectivity index (χ3n) is 2.70. The average molecular weight is 271 g/mol. The Labute approximate surface area is 119 Å². The van der Waals surface area contributed by atoms with E-state index in [1.54, 1.807) is 6.20 Å². The van der Waals surface area contributed by atoms with Crippen LogP contribution in [0.2, 0.25) is 0 Å². The number of hydrogen-bond donors (Lipinski definition) is 2. The number of pyridine rings is 1. The molecule has 0 saturated heterocycles. The van der Waals surface area contributed by atoms with E-state index >= 15 is 0 Å². The highest BCUT2D eigenvalue weighted by Crippen LogP contribution is 2.11. The van der Waals surface area contributed by atoms with Crippen LogP contribution in [-0.4, -0.2) is 21.5 Å². The summed E-state index contributed by atoms with van der Waals surface area (Å²) in [5.41, 5.74) is 1.93. The summed E-state index contributed by atoms with van der Waals surface area (Å²) in [6.45, 7) is 7.80. The van der Waals surface area contributed by atoms with Gasteiger partial charge >= 0.3 is 0 Å². The minimum atomic E-state index is 0.559. The topological polar surface area (TPSA) is 62.7 Å². The zero-order chi connectivity index (χ0) is 14.4. The Morgan fingerprint density at radius 1 is 1.15 bits per heavy atom. The Balaban J connectivity index is 2.00. The Bertz CT molecular complexity index is 539. The first-order chi connectivity index (χ1) is 9.63. The highest BCUT2D eigenvalue weighted by Gasteiger charge is 2.03. The van der Waals surface area contributed by atoms with Crippen molar-refractivity contribution in [1.29, 1.82) is 0 Å². The van der Waals surface area contributed by atoms with Gasteiger partial charge in [0, 0.05) is 24.5 Å². The second-order valence-electron chi connectivity index (χ2n) is 5.17. The molecule has 20 heavy (non-hydrogen) atoms. The van der Waals surface area contributed by atoms with Crippen molar-refractivity contribution in [2.45, 2.75) is 27.3 Å². The lowest BCUT2D eigenvalue weighted by atomic mass is 10.2. The number of anilines is 2. The second kappa shape index (κ2) is 6.84. The lowest BCUT2D eigenvalue weighted by Crippen LogP contribution is -2.12. The molecular formula is C15H21N5. The molecule has 2 heterocycles. The Morgan fingerprint density at radius 3 is 2.70 bits per heavy atom. The maximum Gasteiger partial charge on any atom is 0.224 e. The Kier molecular flexibility index (Phi) is 4.87. The second-order valence-corrected chi connectivity index (χ2v) is 5.17. The van der Waals surface area contributed by atoms with Crippen LogP contribution in [0.15, 0.2) is 30.5 Å². The number of hydrogen-bond acceptors (Lipinski definition) is 5. The van der Waals surface area contributed by atoms with E-state index < -0.39 is 0 Å². The van der Waals surface area contributed by atoms with Gasteiger partial charge in [-0.1, -0.05) is 19.9 Å². The van der Waals surface area contributed by atoms with E-state index in [9.17, 15) is 0 Å². The SMILES string of the molecule is Cc1cc(NCc2ccccn2)nc(NCC(C)C)n1. The van der Waals surface area contributed by atoms with Crippen LogP contribution in [0.4, 0.5) is 11.8 Å². The monoisotopic (exact) mass is 271 g/mol. The Hall–Kier alpha value is -2.17. The molecule has 2 rings (SSSR count). The van der Waals surface area contributed by atoms with Crippen LogP contribution >= 0.6 is 0 Å². The van der Waals surface area contributed by atoms with Crippen molar-refractivity contribution in [2.24, 2.45) is 5.92 Å². The summed E-state index contributed by atoms with van der Waals surface area (Å²) in [6, 6.07) is 7.81. The molecule has 0 aliphatic heterocycles. The lowest BCUT2D eigenvalue weighted by Gasteiger charge is -2.11. The van der Waals surface area contributed by atoms with Crippen LogP contribution in [-0.2, 0) is 6.54 Å². The maximum atomic E-state index is 4.46. The quantitative estimate of drug-likeness (QED) is 0.846. The average Bonchev–Trinajstić information content (AvgIpc) is 2.44. The van der Waals surface area contributed by atoms with E-state index in [4.69, 9.17) is 0 Å². The molecule has 0 aliphatic carbocycles. The highest BCUT2D eigenvalue weighted by molar-refractivity contribution is 5.42. The molecule has 0 saturated carbocycles. The summed E-state index contributed by atoms with van der Waals surface area (Å²) in [4.78, 5) is 13.1. The molecule has 0 radical (unpaired) electrons. The van der Waals surface area contributed by atoms with E-state index in [1.165, 1.54) is 0 Å². The van der Waals surface area contributed by atoms with Crippen molar-refractivity contribution in [1.82, 2.24) is 15.0 Å². The minimum absolute atomic E-state index is 0.559. The predicted octanol–water partition coefficient (Wildman–Crippen LogP) is 2.86. The molecule has 2 N–H and O–H groups in total. The van der Waals surface area contributed by atoms with Crippen molar-refractivity contribution >= 4 is 11.8 Å². The summed E-state index contributed by atoms with van der Waals surface area (Å²) in [6.07, 6.45) is 1.79. The fourth-order valence-corrected chi connectivity index (χ4v) is 1.72. The van der Waals surface area contributed by atoms with Crippen molar-refractivity contribution in [3.63, 3.8) is 0 Å². The van der Waals surface area contributed by atoms with Gasteiger partial charge in [-0.3, -0.25) is 4.98 Å². The molecule has 0 bridgehead atoms. The first kappa shape index (κ1) is 14.2. The first-order valence-corrected chi connectivity index (χ1v) is 6.87. The third-order valence-corrected chi connectivity index (χ3v) is 2.70. The summed E-state index contributed by atoms with van der Waals surface area (Å²) in [5.74, 6) is 2.04. The molecule has 0 aliphatic rings. The van der Waals surface area contributed by atoms with E-state index in [2.05, 4.69) is 39.4 Å². The lowest BCUT2D eigenvalue weighted by molar-refractivity contribution is 0.684. The van der Waals surface area contributed by atoms with Gasteiger partial charge in [-0.25, -0.2) is 4.98 Å². The largest absolute Gasteiger partial charge is 0.364 e. The molecule has 0 amide bonds. The normalized spacial score (nSPS) is 10.6. The van der Waals surface area contributed by atoms with Gasteiger partial charge in [-0.2, -0.15) is 4.98 Å². The molecule has 0 aromatic carbocycles. The number of nitrogens with one attached hydrogen (secondary N) is 2. The third kappa shape index (κ3) is 4.50. The molecule has 2 aromatic heterocycles. The minimum Gasteiger partial charge on any atom is -0.364 e. The van der Waals surface area contributed by atoms with Crippen LogP contribution in [0, 0.1) is 12.8 Å². The van der Waals surface area contributed by atoms with Crippen LogP contribution < -0.4 is 10.6 Å². The number of aromatic nitrogens is 3. The van der Waals surface area contributed by atoms with Gasteiger partial charge in [0.05, 0.1) is 12.2 Å². The summed E-state index contributed by atoms with van der Waals surface area (Å²) in [5, 5.41) is 6.52. The molecule has 0 fully saturated rings. The highest BCUT2D eigenvalue weighted by atomic mass is 15.1. The fourth-order valence-electron chi connectivity index (χ4n) is 1.72. The predicted molar refractivity (Wildman–Crippen MR) is 81.7 cm³/mol. The molecule has 106 valence electrons. The van der Waals surface area contributed by atoms with E-state index in [0.717, 1.165) is 23.8 Å². The first-order valence-electron chi connectivity index (χ1n) is 6.87. The Morgan fingerprint density at radius 2 is 2.00 bits per heavy atom. The van der Waals surface area contributed by atoms with E-state index in [0.29, 0.717) is 18.4 Å². The number of rotatable bonds is 6. The molecule has 0 unspecified atom stereocenters. The van der Waals surface area contributed by atoms with Gasteiger partial charge in [0.15, 0.2) is 0 Å². The molecular weight excluding hydrogens is 250 g/mol. The van der Waals surface area contributed by atoms with Crippen molar-refractivity contribution in [3.8, 4) is 0 Å². The molecule has 2 aromatic rings. The van der Waals surface area contributed by atoms with Crippen LogP contribution in [0.1, 0.15) is 25.2 Å². The van der Waals surface area contributed by atoms with Gasteiger partial charge in [0.25, 0.3) is 0 Å². The zero-order valence-electron chi connectivity index (χ0n) is 12.2. The van der Waals surface area contributed by atoms with Crippen molar-refractivity contribution in [3.05, 3.63) is 41.9 Å². The summed E-state index contributed by atoms with van der Waals surface area (Å²) < 4.78 is 0. The standard InChI is InChI=1S/C15H21N5/c1-11(2)9-18-15-19-12(3)8-14(20-15)17-10-13-6-4-5-7-16-13/h4-8,11H,9-10H2,1-3H3,(H2,17,18,19,20). The number of aryl methyl sites for hydroxylation is 1. The zero-order valence-corrected chi connectivity index (χ0v) is 12.2. The number of nitrogens with zero attached hydrogens (tertiary/aromatic N) is 3. The van der Waals surface area contributed by atoms with Crippen molar-refractivity contribution < 1.29 is 0 Å². The molecule has 0 atom stereocenters. The van der Waals surface area contributed by atoms with E-state index in [-0.39, 0.29) is 0 Å². The van der Waals surface area contributed by atoms with Crippen LogP contribution in [0.3, 0.4) is 0 Å². The van der Waals surface area contributed by atoms with Gasteiger partial charge in [0.1, 0.15) is 5.82 Å². The maximum absolute atomic E-state index is 4.46. The van der Waals surface area contributed by atoms with Gasteiger partial charge < -0.3 is 10.6 Å². The summed E-state index contributed by atoms with van der Waals surface area (Å²) in [7, 11) is 0.